The van der Waals surface area contributed by atoms with Gasteiger partial charge in [0.05, 0.1) is 25.4 Å². The lowest BCUT2D eigenvalue weighted by Crippen LogP contribution is -2.54. The van der Waals surface area contributed by atoms with Gasteiger partial charge in [0.1, 0.15) is 30.5 Å². The van der Waals surface area contributed by atoms with Gasteiger partial charge in [-0.2, -0.15) is 0 Å². The minimum Gasteiger partial charge on any atom is -0.394 e. The van der Waals surface area contributed by atoms with Crippen molar-refractivity contribution >= 4 is 0 Å². The van der Waals surface area contributed by atoms with Crippen molar-refractivity contribution in [2.75, 3.05) is 26.3 Å². The van der Waals surface area contributed by atoms with Gasteiger partial charge in [-0.1, -0.05) is 6.92 Å². The second-order valence-corrected chi connectivity index (χ2v) is 8.53. The molecular formula is C19H40N2O9. The van der Waals surface area contributed by atoms with Crippen molar-refractivity contribution in [1.82, 2.24) is 4.90 Å². The predicted octanol–water partition coefficient (Wildman–Crippen LogP) is -4.29. The number of aliphatic hydroxyl groups excluding tert-OH is 9. The molecule has 0 aromatic rings. The summed E-state index contributed by atoms with van der Waals surface area (Å²) < 4.78 is 0. The summed E-state index contributed by atoms with van der Waals surface area (Å²) in [7, 11) is 0. The van der Waals surface area contributed by atoms with Crippen LogP contribution in [0.2, 0.25) is 0 Å². The van der Waals surface area contributed by atoms with Gasteiger partial charge in [0.25, 0.3) is 0 Å². The normalized spacial score (nSPS) is 28.4. The molecular weight excluding hydrogens is 400 g/mol. The van der Waals surface area contributed by atoms with Gasteiger partial charge in [0.2, 0.25) is 0 Å². The topological polar surface area (TPSA) is 211 Å². The monoisotopic (exact) mass is 440 g/mol. The molecule has 0 unspecified atom stereocenters. The van der Waals surface area contributed by atoms with E-state index in [9.17, 15) is 35.7 Å². The van der Waals surface area contributed by atoms with Crippen LogP contribution in [0.4, 0.5) is 0 Å². The Labute approximate surface area is 177 Å². The Hall–Kier alpha value is -0.440. The van der Waals surface area contributed by atoms with Crippen molar-refractivity contribution in [3.63, 3.8) is 0 Å². The Morgan fingerprint density at radius 3 is 1.60 bits per heavy atom. The SMILES string of the molecule is C[C@@H](CN(C[C@H](O)[C@@H](O)[C@H](O)[C@H](O)CO)[C@H]1CC[C@H](N)CC1)[C@@H](O)[C@H](O)[C@H](O)CO. The quantitative estimate of drug-likeness (QED) is 0.132. The highest BCUT2D eigenvalue weighted by atomic mass is 16.4. The van der Waals surface area contributed by atoms with Crippen LogP contribution in [0, 0.1) is 5.92 Å². The highest BCUT2D eigenvalue weighted by molar-refractivity contribution is 4.89. The van der Waals surface area contributed by atoms with E-state index in [2.05, 4.69) is 0 Å². The summed E-state index contributed by atoms with van der Waals surface area (Å²) in [4.78, 5) is 1.82. The zero-order chi connectivity index (χ0) is 23.0. The molecule has 180 valence electrons. The minimum atomic E-state index is -1.74. The molecule has 1 fully saturated rings. The molecule has 1 aliphatic rings. The Morgan fingerprint density at radius 2 is 1.13 bits per heavy atom. The van der Waals surface area contributed by atoms with Gasteiger partial charge in [-0.15, -0.1) is 0 Å². The van der Waals surface area contributed by atoms with Crippen LogP contribution in [-0.4, -0.2) is 132 Å². The molecule has 30 heavy (non-hydrogen) atoms. The fourth-order valence-corrected chi connectivity index (χ4v) is 3.90. The second-order valence-electron chi connectivity index (χ2n) is 8.53. The lowest BCUT2D eigenvalue weighted by Gasteiger charge is -2.40. The van der Waals surface area contributed by atoms with E-state index >= 15 is 0 Å². The van der Waals surface area contributed by atoms with E-state index in [-0.39, 0.29) is 25.2 Å². The Kier molecular flexibility index (Phi) is 12.1. The largest absolute Gasteiger partial charge is 0.394 e. The smallest absolute Gasteiger partial charge is 0.111 e. The van der Waals surface area contributed by atoms with Crippen LogP contribution in [0.3, 0.4) is 0 Å². The van der Waals surface area contributed by atoms with Gasteiger partial charge in [-0.25, -0.2) is 0 Å². The van der Waals surface area contributed by atoms with Crippen LogP contribution in [-0.2, 0) is 0 Å². The molecule has 0 amide bonds. The molecule has 8 atom stereocenters. The van der Waals surface area contributed by atoms with Crippen LogP contribution in [0.5, 0.6) is 0 Å². The molecule has 11 heteroatoms. The lowest BCUT2D eigenvalue weighted by atomic mass is 9.88. The first-order chi connectivity index (χ1) is 14.0. The minimum absolute atomic E-state index is 0.0267. The zero-order valence-electron chi connectivity index (χ0n) is 17.5. The fraction of sp³-hybridized carbons (Fsp3) is 1.00. The molecule has 11 N–H and O–H groups in total. The first kappa shape index (κ1) is 27.6. The van der Waals surface area contributed by atoms with Crippen molar-refractivity contribution in [2.24, 2.45) is 11.7 Å². The number of hydrogen-bond donors (Lipinski definition) is 10. The Bertz CT molecular complexity index is 437. The average Bonchev–Trinajstić information content (AvgIpc) is 2.75. The second kappa shape index (κ2) is 13.2. The van der Waals surface area contributed by atoms with Crippen molar-refractivity contribution in [2.45, 2.75) is 87.4 Å². The van der Waals surface area contributed by atoms with E-state index in [0.29, 0.717) is 0 Å². The number of aliphatic hydroxyl groups is 9. The molecule has 0 aromatic heterocycles. The van der Waals surface area contributed by atoms with E-state index < -0.39 is 61.9 Å². The number of hydrogen-bond acceptors (Lipinski definition) is 11. The molecule has 0 spiro atoms. The molecule has 0 saturated heterocycles. The zero-order valence-corrected chi connectivity index (χ0v) is 17.5. The van der Waals surface area contributed by atoms with Gasteiger partial charge in [-0.3, -0.25) is 4.90 Å². The number of nitrogens with zero attached hydrogens (tertiary/aromatic N) is 1. The van der Waals surface area contributed by atoms with Crippen LogP contribution in [0.25, 0.3) is 0 Å². The van der Waals surface area contributed by atoms with E-state index in [1.165, 1.54) is 0 Å². The molecule has 0 aliphatic heterocycles. The average molecular weight is 441 g/mol. The van der Waals surface area contributed by atoms with Crippen LogP contribution >= 0.6 is 0 Å². The lowest BCUT2D eigenvalue weighted by molar-refractivity contribution is -0.125. The maximum Gasteiger partial charge on any atom is 0.111 e. The first-order valence-corrected chi connectivity index (χ1v) is 10.5. The summed E-state index contributed by atoms with van der Waals surface area (Å²) in [5.41, 5.74) is 5.96. The molecule has 0 aromatic carbocycles. The van der Waals surface area contributed by atoms with Gasteiger partial charge >= 0.3 is 0 Å². The third kappa shape index (κ3) is 7.92. The fourth-order valence-electron chi connectivity index (χ4n) is 3.90. The summed E-state index contributed by atoms with van der Waals surface area (Å²) in [6.45, 7) is 0.270. The van der Waals surface area contributed by atoms with Crippen molar-refractivity contribution in [3.8, 4) is 0 Å². The standard InChI is InChI=1S/C19H40N2O9/c1-10(16(27)18(29)14(25)8-22)6-21(12-4-2-11(20)3-5-12)7-13(24)17(28)19(30)15(26)9-23/h10-19,22-30H,2-9,20H2,1H3/t10-,11-,12-,13-,14+,15+,16+,17+,18+,19+/m0/s1. The van der Waals surface area contributed by atoms with Gasteiger partial charge < -0.3 is 51.7 Å². The summed E-state index contributed by atoms with van der Waals surface area (Å²) >= 11 is 0. The highest BCUT2D eigenvalue weighted by Crippen LogP contribution is 2.25. The Morgan fingerprint density at radius 1 is 0.700 bits per heavy atom. The number of nitrogens with two attached hydrogens (primary N) is 1. The van der Waals surface area contributed by atoms with E-state index in [4.69, 9.17) is 15.9 Å². The molecule has 11 nitrogen and oxygen atoms in total. The van der Waals surface area contributed by atoms with Gasteiger partial charge in [0.15, 0.2) is 0 Å². The summed E-state index contributed by atoms with van der Waals surface area (Å²) in [6.07, 6.45) is -7.94. The maximum atomic E-state index is 10.4. The van der Waals surface area contributed by atoms with Crippen molar-refractivity contribution in [3.05, 3.63) is 0 Å². The summed E-state index contributed by atoms with van der Waals surface area (Å²) in [6, 6.07) is 0.0470. The molecule has 1 saturated carbocycles. The summed E-state index contributed by atoms with van der Waals surface area (Å²) in [5.74, 6) is -0.561. The molecule has 1 aliphatic carbocycles. The van der Waals surface area contributed by atoms with Crippen LogP contribution < -0.4 is 5.73 Å². The highest BCUT2D eigenvalue weighted by Gasteiger charge is 2.36. The molecule has 0 radical (unpaired) electrons. The van der Waals surface area contributed by atoms with Gasteiger partial charge in [0, 0.05) is 25.2 Å². The third-order valence-corrected chi connectivity index (χ3v) is 6.04. The van der Waals surface area contributed by atoms with Crippen molar-refractivity contribution in [1.29, 1.82) is 0 Å². The van der Waals surface area contributed by atoms with E-state index in [1.54, 1.807) is 6.92 Å². The number of rotatable bonds is 13. The molecule has 1 rings (SSSR count). The van der Waals surface area contributed by atoms with E-state index in [1.807, 2.05) is 4.90 Å². The van der Waals surface area contributed by atoms with Crippen LogP contribution in [0.15, 0.2) is 0 Å². The molecule has 0 heterocycles. The predicted molar refractivity (Wildman–Crippen MR) is 107 cm³/mol. The third-order valence-electron chi connectivity index (χ3n) is 6.04. The van der Waals surface area contributed by atoms with Gasteiger partial charge in [-0.05, 0) is 31.6 Å². The molecule has 0 bridgehead atoms. The maximum absolute atomic E-state index is 10.4. The Balaban J connectivity index is 2.86. The van der Waals surface area contributed by atoms with Crippen LogP contribution in [0.1, 0.15) is 32.6 Å². The first-order valence-electron chi connectivity index (χ1n) is 10.5. The summed E-state index contributed by atoms with van der Waals surface area (Å²) in [5, 5.41) is 87.7. The van der Waals surface area contributed by atoms with Crippen molar-refractivity contribution < 1.29 is 46.0 Å². The van der Waals surface area contributed by atoms with E-state index in [0.717, 1.165) is 25.7 Å².